The van der Waals surface area contributed by atoms with E-state index in [0.717, 1.165) is 37.0 Å². The highest BCUT2D eigenvalue weighted by molar-refractivity contribution is 7.99. The molecule has 2 aliphatic rings. The molecule has 2 aromatic rings. The average molecular weight is 410 g/mol. The lowest BCUT2D eigenvalue weighted by atomic mass is 9.58. The van der Waals surface area contributed by atoms with Gasteiger partial charge < -0.3 is 0 Å². The number of carbonyl (C=O) groups excluding carboxylic acids is 1. The van der Waals surface area contributed by atoms with E-state index < -0.39 is 11.5 Å². The predicted molar refractivity (Wildman–Crippen MR) is 117 cm³/mol. The molecule has 0 heterocycles. The summed E-state index contributed by atoms with van der Waals surface area (Å²) >= 11 is 1.90. The van der Waals surface area contributed by atoms with Crippen molar-refractivity contribution in [1.29, 1.82) is 0 Å². The largest absolute Gasteiger partial charge is 0.300 e. The van der Waals surface area contributed by atoms with Crippen molar-refractivity contribution in [2.24, 2.45) is 5.41 Å². The van der Waals surface area contributed by atoms with Gasteiger partial charge in [0.1, 0.15) is 5.78 Å². The number of carbonyl (C=O) groups is 1. The van der Waals surface area contributed by atoms with Gasteiger partial charge in [-0.2, -0.15) is 11.8 Å². The highest BCUT2D eigenvalue weighted by atomic mass is 32.2. The molecule has 2 saturated carbocycles. The molecule has 0 unspecified atom stereocenters. The zero-order chi connectivity index (χ0) is 20.3. The van der Waals surface area contributed by atoms with E-state index in [1.807, 2.05) is 60.3 Å². The van der Waals surface area contributed by atoms with Crippen molar-refractivity contribution in [3.05, 3.63) is 81.9 Å². The van der Waals surface area contributed by atoms with Crippen LogP contribution in [0.3, 0.4) is 0 Å². The quantitative estimate of drug-likeness (QED) is 0.473. The van der Waals surface area contributed by atoms with Gasteiger partial charge in [-0.05, 0) is 36.8 Å². The summed E-state index contributed by atoms with van der Waals surface area (Å²) in [6.45, 7) is 0. The molecule has 5 heteroatoms. The number of nitro groups is 1. The number of nitrogens with zero attached hydrogens (tertiary/aromatic N) is 1. The molecule has 4 atom stereocenters. The average Bonchev–Trinajstić information content (AvgIpc) is 2.73. The number of thioether (sulfide) groups is 1. The molecule has 152 valence electrons. The third-order valence-electron chi connectivity index (χ3n) is 6.62. The van der Waals surface area contributed by atoms with Gasteiger partial charge in [0.15, 0.2) is 0 Å². The number of benzene rings is 2. The summed E-state index contributed by atoms with van der Waals surface area (Å²) in [5.41, 5.74) is 1.81. The van der Waals surface area contributed by atoms with E-state index in [9.17, 15) is 14.9 Å². The Morgan fingerprint density at radius 2 is 1.76 bits per heavy atom. The summed E-state index contributed by atoms with van der Waals surface area (Å²) in [6, 6.07) is 19.6. The second-order valence-electron chi connectivity index (χ2n) is 8.54. The number of hydrogen-bond acceptors (Lipinski definition) is 4. The molecular weight excluding hydrogens is 382 g/mol. The van der Waals surface area contributed by atoms with E-state index in [2.05, 4.69) is 12.1 Å². The number of hydrogen-bond donors (Lipinski definition) is 0. The summed E-state index contributed by atoms with van der Waals surface area (Å²) in [5.74, 6) is 0.961. The molecule has 4 rings (SSSR count). The highest BCUT2D eigenvalue weighted by Crippen LogP contribution is 2.55. The first-order chi connectivity index (χ1) is 14.1. The van der Waals surface area contributed by atoms with Crippen molar-refractivity contribution >= 4 is 17.5 Å². The van der Waals surface area contributed by atoms with Gasteiger partial charge in [0, 0.05) is 34.2 Å². The van der Waals surface area contributed by atoms with Crippen LogP contribution in [0.2, 0.25) is 0 Å². The summed E-state index contributed by atoms with van der Waals surface area (Å²) in [5, 5.41) is 12.6. The van der Waals surface area contributed by atoms with Crippen LogP contribution in [-0.4, -0.2) is 22.0 Å². The highest BCUT2D eigenvalue weighted by Gasteiger charge is 2.57. The van der Waals surface area contributed by atoms with Crippen LogP contribution < -0.4 is 0 Å². The molecule has 2 aromatic carbocycles. The maximum Gasteiger partial charge on any atom is 0.225 e. The van der Waals surface area contributed by atoms with E-state index in [1.54, 1.807) is 0 Å². The molecule has 0 amide bonds. The second kappa shape index (κ2) is 8.70. The zero-order valence-corrected chi connectivity index (χ0v) is 17.4. The lowest BCUT2D eigenvalue weighted by Crippen LogP contribution is -2.52. The monoisotopic (exact) mass is 409 g/mol. The number of ketones is 1. The minimum atomic E-state index is -0.678. The first-order valence-corrected chi connectivity index (χ1v) is 11.5. The van der Waals surface area contributed by atoms with Crippen LogP contribution in [0, 0.1) is 15.5 Å². The van der Waals surface area contributed by atoms with Crippen molar-refractivity contribution in [3.63, 3.8) is 0 Å². The van der Waals surface area contributed by atoms with Gasteiger partial charge in [0.25, 0.3) is 0 Å². The Morgan fingerprint density at radius 1 is 1.07 bits per heavy atom. The van der Waals surface area contributed by atoms with Gasteiger partial charge in [-0.25, -0.2) is 0 Å². The normalized spacial score (nSPS) is 29.7. The van der Waals surface area contributed by atoms with E-state index >= 15 is 0 Å². The summed E-state index contributed by atoms with van der Waals surface area (Å²) in [4.78, 5) is 24.6. The van der Waals surface area contributed by atoms with Crippen LogP contribution in [0.5, 0.6) is 0 Å². The van der Waals surface area contributed by atoms with Gasteiger partial charge in [-0.1, -0.05) is 60.7 Å². The zero-order valence-electron chi connectivity index (χ0n) is 16.5. The molecule has 0 radical (unpaired) electrons. The lowest BCUT2D eigenvalue weighted by molar-refractivity contribution is -0.551. The van der Waals surface area contributed by atoms with Crippen LogP contribution in [0.15, 0.2) is 60.7 Å². The molecule has 1 spiro atoms. The summed E-state index contributed by atoms with van der Waals surface area (Å²) in [7, 11) is 0. The van der Waals surface area contributed by atoms with Crippen molar-refractivity contribution < 1.29 is 9.72 Å². The molecule has 2 aliphatic carbocycles. The van der Waals surface area contributed by atoms with E-state index in [-0.39, 0.29) is 16.6 Å². The van der Waals surface area contributed by atoms with Gasteiger partial charge >= 0.3 is 0 Å². The number of Topliss-reactive ketones (excluding diaryl/α,β-unsaturated/α-hetero) is 1. The Hall–Kier alpha value is -2.14. The third-order valence-corrected chi connectivity index (χ3v) is 7.95. The van der Waals surface area contributed by atoms with Crippen LogP contribution in [0.4, 0.5) is 0 Å². The molecule has 0 bridgehead atoms. The molecule has 0 aliphatic heterocycles. The Morgan fingerprint density at radius 3 is 2.41 bits per heavy atom. The number of rotatable bonds is 5. The fraction of sp³-hybridized carbons (Fsp3) is 0.458. The van der Waals surface area contributed by atoms with Crippen LogP contribution in [0.25, 0.3) is 0 Å². The van der Waals surface area contributed by atoms with Gasteiger partial charge in [-0.15, -0.1) is 0 Å². The SMILES string of the molecule is O=C1CCC[C@]2(C1)C[C@@H](SCc1ccccc1)C[C@H](c1ccccc1)[C@H]2[N+](=O)[O-]. The first-order valence-electron chi connectivity index (χ1n) is 10.4. The molecule has 4 nitrogen and oxygen atoms in total. The van der Waals surface area contributed by atoms with Crippen molar-refractivity contribution in [1.82, 2.24) is 0 Å². The lowest BCUT2D eigenvalue weighted by Gasteiger charge is -2.47. The second-order valence-corrected chi connectivity index (χ2v) is 9.83. The van der Waals surface area contributed by atoms with Crippen molar-refractivity contribution in [2.75, 3.05) is 0 Å². The molecule has 29 heavy (non-hydrogen) atoms. The smallest absolute Gasteiger partial charge is 0.225 e. The Labute approximate surface area is 176 Å². The van der Waals surface area contributed by atoms with Crippen molar-refractivity contribution in [2.45, 2.75) is 61.5 Å². The fourth-order valence-electron chi connectivity index (χ4n) is 5.43. The van der Waals surface area contributed by atoms with Crippen LogP contribution in [0.1, 0.15) is 55.6 Å². The predicted octanol–water partition coefficient (Wildman–Crippen LogP) is 5.64. The molecular formula is C24H27NO3S. The Kier molecular flexibility index (Phi) is 6.04. The van der Waals surface area contributed by atoms with Gasteiger partial charge in [0.2, 0.25) is 6.04 Å². The van der Waals surface area contributed by atoms with Gasteiger partial charge in [0.05, 0.1) is 5.92 Å². The molecule has 0 saturated heterocycles. The molecule has 0 aromatic heterocycles. The Bertz CT molecular complexity index is 857. The van der Waals surface area contributed by atoms with E-state index in [1.165, 1.54) is 5.56 Å². The van der Waals surface area contributed by atoms with Crippen LogP contribution in [-0.2, 0) is 10.5 Å². The minimum absolute atomic E-state index is 0.0751. The van der Waals surface area contributed by atoms with Gasteiger partial charge in [-0.3, -0.25) is 14.9 Å². The maximum absolute atomic E-state index is 12.4. The van der Waals surface area contributed by atoms with Crippen molar-refractivity contribution in [3.8, 4) is 0 Å². The first kappa shape index (κ1) is 20.1. The summed E-state index contributed by atoms with van der Waals surface area (Å²) in [6.07, 6.45) is 4.07. The summed E-state index contributed by atoms with van der Waals surface area (Å²) < 4.78 is 0. The standard InChI is InChI=1S/C24H27NO3S/c26-20-12-7-13-24(15-20)16-21(29-17-18-8-3-1-4-9-18)14-22(23(24)25(27)28)19-10-5-2-6-11-19/h1-6,8-11,21-23H,7,12-17H2/t21-,22+,23+,24-/m0/s1. The van der Waals surface area contributed by atoms with Crippen LogP contribution >= 0.6 is 11.8 Å². The minimum Gasteiger partial charge on any atom is -0.300 e. The fourth-order valence-corrected chi connectivity index (χ4v) is 6.85. The maximum atomic E-state index is 12.4. The Balaban J connectivity index is 1.65. The molecule has 2 fully saturated rings. The topological polar surface area (TPSA) is 60.2 Å². The van der Waals surface area contributed by atoms with E-state index in [4.69, 9.17) is 0 Å². The van der Waals surface area contributed by atoms with E-state index in [0.29, 0.717) is 18.1 Å². The molecule has 0 N–H and O–H groups in total. The third kappa shape index (κ3) is 4.40.